The van der Waals surface area contributed by atoms with Crippen molar-refractivity contribution in [1.82, 2.24) is 4.90 Å². The maximum Gasteiger partial charge on any atom is 0.347 e. The van der Waals surface area contributed by atoms with E-state index in [9.17, 15) is 9.59 Å². The summed E-state index contributed by atoms with van der Waals surface area (Å²) < 4.78 is 15.2. The van der Waals surface area contributed by atoms with Gasteiger partial charge in [-0.15, -0.1) is 0 Å². The molecule has 0 N–H and O–H groups in total. The summed E-state index contributed by atoms with van der Waals surface area (Å²) in [7, 11) is 0. The third-order valence-corrected chi connectivity index (χ3v) is 4.68. The van der Waals surface area contributed by atoms with Crippen molar-refractivity contribution < 1.29 is 23.5 Å². The summed E-state index contributed by atoms with van der Waals surface area (Å²) in [5, 5.41) is 0. The highest BCUT2D eigenvalue weighted by Gasteiger charge is 2.24. The Morgan fingerprint density at radius 3 is 2.28 bits per heavy atom. The first-order chi connectivity index (χ1) is 14.1. The molecule has 2 aromatic rings. The molecule has 7 heteroatoms. The first-order valence-corrected chi connectivity index (χ1v) is 9.80. The molecule has 0 unspecified atom stereocenters. The van der Waals surface area contributed by atoms with Gasteiger partial charge in [0.25, 0.3) is 0 Å². The highest BCUT2D eigenvalue weighted by Crippen LogP contribution is 2.26. The summed E-state index contributed by atoms with van der Waals surface area (Å²) in [6.45, 7) is 6.71. The number of carbonyl (C=O) groups excluding carboxylic acids is 2. The monoisotopic (exact) mass is 398 g/mol. The standard InChI is InChI=1S/C22H26N2O5/c1-3-28-21(25)20(22(26)29-4-2)15-23-9-11-24(12-10-23)19-7-5-6-17(14-19)18-8-13-27-16-18/h5-8,13-16H,3-4,9-12H2,1-2H3. The number of nitrogens with zero attached hydrogens (tertiary/aromatic N) is 2. The number of carbonyl (C=O) groups is 2. The first kappa shape index (κ1) is 20.5. The summed E-state index contributed by atoms with van der Waals surface area (Å²) in [4.78, 5) is 28.5. The van der Waals surface area contributed by atoms with E-state index >= 15 is 0 Å². The Balaban J connectivity index is 1.67. The molecule has 1 saturated heterocycles. The SMILES string of the molecule is CCOC(=O)C(=CN1CCN(c2cccc(-c3ccoc3)c2)CC1)C(=O)OCC. The molecule has 1 aromatic heterocycles. The van der Waals surface area contributed by atoms with Crippen LogP contribution in [0.2, 0.25) is 0 Å². The van der Waals surface area contributed by atoms with Gasteiger partial charge in [-0.1, -0.05) is 12.1 Å². The number of piperazine rings is 1. The Morgan fingerprint density at radius 2 is 1.69 bits per heavy atom. The fraction of sp³-hybridized carbons (Fsp3) is 0.364. The lowest BCUT2D eigenvalue weighted by atomic mass is 10.1. The van der Waals surface area contributed by atoms with Crippen molar-refractivity contribution in [2.45, 2.75) is 13.8 Å². The normalized spacial score (nSPS) is 13.7. The molecule has 7 nitrogen and oxygen atoms in total. The van der Waals surface area contributed by atoms with Crippen LogP contribution < -0.4 is 4.90 Å². The van der Waals surface area contributed by atoms with Crippen LogP contribution in [-0.2, 0) is 19.1 Å². The van der Waals surface area contributed by atoms with E-state index < -0.39 is 11.9 Å². The second-order valence-corrected chi connectivity index (χ2v) is 6.57. The number of ether oxygens (including phenoxy) is 2. The van der Waals surface area contributed by atoms with E-state index in [2.05, 4.69) is 23.1 Å². The molecule has 1 aromatic carbocycles. The molecule has 154 valence electrons. The van der Waals surface area contributed by atoms with Crippen LogP contribution in [0.1, 0.15) is 13.8 Å². The minimum Gasteiger partial charge on any atom is -0.472 e. The molecule has 3 rings (SSSR count). The van der Waals surface area contributed by atoms with Gasteiger partial charge in [-0.05, 0) is 37.6 Å². The third-order valence-electron chi connectivity index (χ3n) is 4.68. The van der Waals surface area contributed by atoms with Crippen LogP contribution >= 0.6 is 0 Å². The highest BCUT2D eigenvalue weighted by molar-refractivity contribution is 6.13. The number of esters is 2. The van der Waals surface area contributed by atoms with E-state index in [4.69, 9.17) is 13.9 Å². The van der Waals surface area contributed by atoms with Gasteiger partial charge in [0.15, 0.2) is 5.57 Å². The molecule has 0 aliphatic carbocycles. The second kappa shape index (κ2) is 9.82. The summed E-state index contributed by atoms with van der Waals surface area (Å²) >= 11 is 0. The van der Waals surface area contributed by atoms with Crippen molar-refractivity contribution in [3.63, 3.8) is 0 Å². The van der Waals surface area contributed by atoms with Crippen LogP contribution in [0.25, 0.3) is 11.1 Å². The Hall–Kier alpha value is -3.22. The van der Waals surface area contributed by atoms with Crippen molar-refractivity contribution >= 4 is 17.6 Å². The molecule has 0 amide bonds. The average Bonchev–Trinajstić information content (AvgIpc) is 3.28. The fourth-order valence-corrected chi connectivity index (χ4v) is 3.21. The molecular weight excluding hydrogens is 372 g/mol. The summed E-state index contributed by atoms with van der Waals surface area (Å²) in [6.07, 6.45) is 4.96. The quantitative estimate of drug-likeness (QED) is 0.307. The van der Waals surface area contributed by atoms with Crippen LogP contribution in [-0.4, -0.2) is 56.2 Å². The largest absolute Gasteiger partial charge is 0.472 e. The minimum atomic E-state index is -0.652. The zero-order chi connectivity index (χ0) is 20.6. The van der Waals surface area contributed by atoms with Crippen molar-refractivity contribution in [2.75, 3.05) is 44.3 Å². The lowest BCUT2D eigenvalue weighted by molar-refractivity contribution is -0.146. The topological polar surface area (TPSA) is 72.2 Å². The number of benzene rings is 1. The van der Waals surface area contributed by atoms with Gasteiger partial charge in [0.2, 0.25) is 0 Å². The lowest BCUT2D eigenvalue weighted by Gasteiger charge is -2.36. The number of anilines is 1. The Morgan fingerprint density at radius 1 is 1.00 bits per heavy atom. The minimum absolute atomic E-state index is 0.0656. The van der Waals surface area contributed by atoms with Crippen LogP contribution in [0.15, 0.2) is 59.0 Å². The second-order valence-electron chi connectivity index (χ2n) is 6.57. The molecule has 2 heterocycles. The highest BCUT2D eigenvalue weighted by atomic mass is 16.6. The fourth-order valence-electron chi connectivity index (χ4n) is 3.21. The van der Waals surface area contributed by atoms with E-state index in [-0.39, 0.29) is 18.8 Å². The van der Waals surface area contributed by atoms with Crippen LogP contribution in [0.3, 0.4) is 0 Å². The van der Waals surface area contributed by atoms with E-state index in [1.807, 2.05) is 17.0 Å². The molecule has 1 aliphatic heterocycles. The van der Waals surface area contributed by atoms with Crippen LogP contribution in [0.5, 0.6) is 0 Å². The smallest absolute Gasteiger partial charge is 0.347 e. The zero-order valence-electron chi connectivity index (χ0n) is 16.8. The van der Waals surface area contributed by atoms with Gasteiger partial charge in [0, 0.05) is 43.6 Å². The van der Waals surface area contributed by atoms with Crippen LogP contribution in [0.4, 0.5) is 5.69 Å². The number of hydrogen-bond donors (Lipinski definition) is 0. The van der Waals surface area contributed by atoms with Crippen molar-refractivity contribution in [2.24, 2.45) is 0 Å². The Kier molecular flexibility index (Phi) is 6.94. The van der Waals surface area contributed by atoms with Gasteiger partial charge >= 0.3 is 11.9 Å². The molecule has 1 fully saturated rings. The number of rotatable bonds is 7. The van der Waals surface area contributed by atoms with Crippen molar-refractivity contribution in [1.29, 1.82) is 0 Å². The first-order valence-electron chi connectivity index (χ1n) is 9.80. The molecular formula is C22H26N2O5. The molecule has 0 radical (unpaired) electrons. The molecule has 29 heavy (non-hydrogen) atoms. The third kappa shape index (κ3) is 5.19. The van der Waals surface area contributed by atoms with E-state index in [0.29, 0.717) is 13.1 Å². The molecule has 0 spiro atoms. The van der Waals surface area contributed by atoms with E-state index in [0.717, 1.165) is 29.9 Å². The lowest BCUT2D eigenvalue weighted by Crippen LogP contribution is -2.44. The average molecular weight is 398 g/mol. The predicted molar refractivity (Wildman–Crippen MR) is 109 cm³/mol. The summed E-state index contributed by atoms with van der Waals surface area (Å²) in [5.74, 6) is -1.30. The van der Waals surface area contributed by atoms with Gasteiger partial charge in [0.05, 0.1) is 25.7 Å². The van der Waals surface area contributed by atoms with Gasteiger partial charge < -0.3 is 23.7 Å². The van der Waals surface area contributed by atoms with E-state index in [1.165, 1.54) is 0 Å². The predicted octanol–water partition coefficient (Wildman–Crippen LogP) is 3.08. The van der Waals surface area contributed by atoms with Gasteiger partial charge in [-0.25, -0.2) is 9.59 Å². The Bertz CT molecular complexity index is 832. The molecule has 0 atom stereocenters. The maximum absolute atomic E-state index is 12.1. The van der Waals surface area contributed by atoms with Gasteiger partial charge in [-0.3, -0.25) is 0 Å². The number of furan rings is 1. The molecule has 1 aliphatic rings. The molecule has 0 bridgehead atoms. The van der Waals surface area contributed by atoms with Crippen LogP contribution in [0, 0.1) is 0 Å². The van der Waals surface area contributed by atoms with Crippen molar-refractivity contribution in [3.8, 4) is 11.1 Å². The van der Waals surface area contributed by atoms with Gasteiger partial charge in [0.1, 0.15) is 0 Å². The summed E-state index contributed by atoms with van der Waals surface area (Å²) in [6, 6.07) is 10.2. The van der Waals surface area contributed by atoms with Crippen molar-refractivity contribution in [3.05, 3.63) is 54.6 Å². The maximum atomic E-state index is 12.1. The van der Waals surface area contributed by atoms with Gasteiger partial charge in [-0.2, -0.15) is 0 Å². The Labute approximate surface area is 170 Å². The van der Waals surface area contributed by atoms with E-state index in [1.54, 1.807) is 32.6 Å². The summed E-state index contributed by atoms with van der Waals surface area (Å²) in [5.41, 5.74) is 3.21. The zero-order valence-corrected chi connectivity index (χ0v) is 16.8. The molecule has 0 saturated carbocycles. The number of hydrogen-bond acceptors (Lipinski definition) is 7.